The number of para-hydroxylation sites is 1. The van der Waals surface area contributed by atoms with Gasteiger partial charge in [-0.2, -0.15) is 0 Å². The van der Waals surface area contributed by atoms with Crippen LogP contribution in [0.2, 0.25) is 0 Å². The Morgan fingerprint density at radius 2 is 1.10 bits per heavy atom. The van der Waals surface area contributed by atoms with E-state index in [9.17, 15) is 0 Å². The zero-order chi connectivity index (χ0) is 39.6. The molecule has 0 bridgehead atoms. The van der Waals surface area contributed by atoms with Crippen molar-refractivity contribution in [3.05, 3.63) is 229 Å². The molecule has 1 aliphatic carbocycles. The Bertz CT molecular complexity index is 3420. The van der Waals surface area contributed by atoms with Crippen LogP contribution in [0.4, 0.5) is 0 Å². The number of amidine groups is 1. The Kier molecular flexibility index (Phi) is 7.88. The van der Waals surface area contributed by atoms with Gasteiger partial charge in [-0.25, -0.2) is 4.99 Å². The summed E-state index contributed by atoms with van der Waals surface area (Å²) in [6, 6.07) is 67.0. The molecule has 4 nitrogen and oxygen atoms in total. The second-order valence-electron chi connectivity index (χ2n) is 15.6. The fourth-order valence-corrected chi connectivity index (χ4v) is 9.15. The first-order valence-corrected chi connectivity index (χ1v) is 20.5. The number of allylic oxidation sites excluding steroid dienone is 2. The van der Waals surface area contributed by atoms with Crippen LogP contribution in [0.15, 0.2) is 227 Å². The zero-order valence-corrected chi connectivity index (χ0v) is 32.6. The molecule has 1 aliphatic heterocycles. The van der Waals surface area contributed by atoms with Crippen LogP contribution in [0.25, 0.3) is 88.5 Å². The van der Waals surface area contributed by atoms with E-state index < -0.39 is 0 Å². The molecular formula is C56H37N3O. The SMILES string of the molecule is C1=CC2=C(c3ccc(-c4ccccc4)cc3)N=C(c3cc(-c4ccccc4)cc4oc5cc(-n6c7ccccc7c7cc(-c8ccccc8)ccc76)ccc5c34)NC2C=C1. The average molecular weight is 768 g/mol. The second kappa shape index (κ2) is 13.9. The lowest BCUT2D eigenvalue weighted by molar-refractivity contribution is 0.668. The highest BCUT2D eigenvalue weighted by molar-refractivity contribution is 6.21. The molecule has 282 valence electrons. The minimum atomic E-state index is -0.0378. The van der Waals surface area contributed by atoms with Gasteiger partial charge in [-0.15, -0.1) is 0 Å². The Morgan fingerprint density at radius 3 is 1.87 bits per heavy atom. The molecule has 60 heavy (non-hydrogen) atoms. The van der Waals surface area contributed by atoms with Gasteiger partial charge in [-0.05, 0) is 75.8 Å². The molecular weight excluding hydrogens is 731 g/mol. The molecule has 0 spiro atoms. The molecule has 1 N–H and O–H groups in total. The fraction of sp³-hybridized carbons (Fsp3) is 0.0179. The highest BCUT2D eigenvalue weighted by Gasteiger charge is 2.27. The number of fused-ring (bicyclic) bond motifs is 7. The molecule has 2 aliphatic rings. The topological polar surface area (TPSA) is 42.5 Å². The number of benzene rings is 8. The summed E-state index contributed by atoms with van der Waals surface area (Å²) in [5.41, 5.74) is 16.2. The molecule has 4 heteroatoms. The van der Waals surface area contributed by atoms with Crippen LogP contribution in [0.5, 0.6) is 0 Å². The maximum Gasteiger partial charge on any atom is 0.137 e. The summed E-state index contributed by atoms with van der Waals surface area (Å²) in [5.74, 6) is 0.817. The molecule has 3 heterocycles. The van der Waals surface area contributed by atoms with Crippen molar-refractivity contribution in [3.8, 4) is 39.1 Å². The van der Waals surface area contributed by atoms with Crippen molar-refractivity contribution in [2.75, 3.05) is 0 Å². The maximum atomic E-state index is 6.93. The minimum Gasteiger partial charge on any atom is -0.456 e. The van der Waals surface area contributed by atoms with E-state index in [0.29, 0.717) is 0 Å². The highest BCUT2D eigenvalue weighted by Crippen LogP contribution is 2.41. The number of nitrogens with one attached hydrogen (secondary N) is 1. The van der Waals surface area contributed by atoms with Crippen LogP contribution >= 0.6 is 0 Å². The van der Waals surface area contributed by atoms with E-state index in [2.05, 4.69) is 222 Å². The number of nitrogens with zero attached hydrogens (tertiary/aromatic N) is 2. The van der Waals surface area contributed by atoms with E-state index in [4.69, 9.17) is 9.41 Å². The van der Waals surface area contributed by atoms with Gasteiger partial charge in [0.2, 0.25) is 0 Å². The highest BCUT2D eigenvalue weighted by atomic mass is 16.3. The Balaban J connectivity index is 1.04. The summed E-state index contributed by atoms with van der Waals surface area (Å²) in [7, 11) is 0. The fourth-order valence-electron chi connectivity index (χ4n) is 9.15. The van der Waals surface area contributed by atoms with Crippen LogP contribution in [-0.2, 0) is 0 Å². The summed E-state index contributed by atoms with van der Waals surface area (Å²) in [6.45, 7) is 0. The van der Waals surface area contributed by atoms with Crippen LogP contribution in [-0.4, -0.2) is 16.4 Å². The lowest BCUT2D eigenvalue weighted by atomic mass is 9.92. The molecule has 0 amide bonds. The largest absolute Gasteiger partial charge is 0.456 e. The van der Waals surface area contributed by atoms with Crippen molar-refractivity contribution in [1.29, 1.82) is 0 Å². The number of rotatable bonds is 6. The average Bonchev–Trinajstić information content (AvgIpc) is 3.86. The smallest absolute Gasteiger partial charge is 0.137 e. The zero-order valence-electron chi connectivity index (χ0n) is 32.6. The molecule has 0 radical (unpaired) electrons. The summed E-state index contributed by atoms with van der Waals surface area (Å²) in [4.78, 5) is 5.49. The molecule has 2 aromatic heterocycles. The minimum absolute atomic E-state index is 0.0378. The lowest BCUT2D eigenvalue weighted by Crippen LogP contribution is -2.39. The predicted molar refractivity (Wildman–Crippen MR) is 249 cm³/mol. The molecule has 12 rings (SSSR count). The number of aromatic nitrogens is 1. The number of hydrogen-bond acceptors (Lipinski definition) is 3. The van der Waals surface area contributed by atoms with Gasteiger partial charge in [0.15, 0.2) is 0 Å². The monoisotopic (exact) mass is 767 g/mol. The Hall–Kier alpha value is -7.95. The van der Waals surface area contributed by atoms with E-state index >= 15 is 0 Å². The van der Waals surface area contributed by atoms with E-state index in [-0.39, 0.29) is 6.04 Å². The summed E-state index contributed by atoms with van der Waals surface area (Å²) in [6.07, 6.45) is 8.61. The van der Waals surface area contributed by atoms with Crippen molar-refractivity contribution in [2.24, 2.45) is 4.99 Å². The Morgan fingerprint density at radius 1 is 0.467 bits per heavy atom. The quantitative estimate of drug-likeness (QED) is 0.183. The second-order valence-corrected chi connectivity index (χ2v) is 15.6. The number of furan rings is 1. The van der Waals surface area contributed by atoms with Crippen LogP contribution in [0.1, 0.15) is 11.1 Å². The molecule has 1 unspecified atom stereocenters. The van der Waals surface area contributed by atoms with E-state index in [1.165, 1.54) is 33.0 Å². The number of aliphatic imine (C=N–C) groups is 1. The first kappa shape index (κ1) is 34.1. The third kappa shape index (κ3) is 5.65. The molecule has 1 atom stereocenters. The van der Waals surface area contributed by atoms with E-state index in [0.717, 1.165) is 78.0 Å². The normalized spacial score (nSPS) is 14.9. The summed E-state index contributed by atoms with van der Waals surface area (Å²) < 4.78 is 9.29. The van der Waals surface area contributed by atoms with Crippen molar-refractivity contribution in [3.63, 3.8) is 0 Å². The van der Waals surface area contributed by atoms with Crippen molar-refractivity contribution in [2.45, 2.75) is 6.04 Å². The van der Waals surface area contributed by atoms with Gasteiger partial charge < -0.3 is 14.3 Å². The van der Waals surface area contributed by atoms with Crippen LogP contribution < -0.4 is 5.32 Å². The first-order valence-electron chi connectivity index (χ1n) is 20.5. The van der Waals surface area contributed by atoms with Gasteiger partial charge in [-0.1, -0.05) is 164 Å². The Labute approximate surface area is 347 Å². The van der Waals surface area contributed by atoms with Gasteiger partial charge >= 0.3 is 0 Å². The number of hydrogen-bond donors (Lipinski definition) is 1. The van der Waals surface area contributed by atoms with Crippen LogP contribution in [0.3, 0.4) is 0 Å². The van der Waals surface area contributed by atoms with E-state index in [1.54, 1.807) is 0 Å². The summed E-state index contributed by atoms with van der Waals surface area (Å²) in [5, 5.41) is 8.35. The van der Waals surface area contributed by atoms with Crippen molar-refractivity contribution in [1.82, 2.24) is 9.88 Å². The summed E-state index contributed by atoms with van der Waals surface area (Å²) >= 11 is 0. The predicted octanol–water partition coefficient (Wildman–Crippen LogP) is 13.9. The standard InChI is InChI=1S/C56H37N3O/c1-4-14-36(15-5-1)39-24-26-40(27-25-39)55-45-21-10-12-22-49(45)57-56(58-55)48-33-42(38-18-8-3-9-19-38)34-53-54(48)46-30-29-43(35-52(46)60-53)59-50-23-13-11-20-44(50)47-32-41(28-31-51(47)59)37-16-6-2-7-17-37/h1-35,49H,(H,57,58). The van der Waals surface area contributed by atoms with E-state index in [1.807, 2.05) is 0 Å². The molecule has 0 fully saturated rings. The lowest BCUT2D eigenvalue weighted by Gasteiger charge is -2.28. The van der Waals surface area contributed by atoms with Gasteiger partial charge in [-0.3, -0.25) is 0 Å². The molecule has 0 saturated carbocycles. The van der Waals surface area contributed by atoms with Crippen molar-refractivity contribution >= 4 is 55.3 Å². The molecule has 10 aromatic rings. The van der Waals surface area contributed by atoms with Gasteiger partial charge in [0.05, 0.1) is 22.8 Å². The van der Waals surface area contributed by atoms with Gasteiger partial charge in [0, 0.05) is 50.0 Å². The van der Waals surface area contributed by atoms with Crippen LogP contribution in [0, 0.1) is 0 Å². The van der Waals surface area contributed by atoms with Gasteiger partial charge in [0.25, 0.3) is 0 Å². The first-order chi connectivity index (χ1) is 29.7. The van der Waals surface area contributed by atoms with Crippen molar-refractivity contribution < 1.29 is 4.42 Å². The maximum absolute atomic E-state index is 6.93. The molecule has 0 saturated heterocycles. The third-order valence-electron chi connectivity index (χ3n) is 12.0. The third-order valence-corrected chi connectivity index (χ3v) is 12.0. The molecule has 8 aromatic carbocycles. The van der Waals surface area contributed by atoms with Gasteiger partial charge in [0.1, 0.15) is 17.0 Å².